The molecule has 15 heavy (non-hydrogen) atoms. The Morgan fingerprint density at radius 3 is 2.53 bits per heavy atom. The van der Waals surface area contributed by atoms with Crippen LogP contribution in [0.4, 0.5) is 11.4 Å². The van der Waals surface area contributed by atoms with E-state index in [0.29, 0.717) is 0 Å². The van der Waals surface area contributed by atoms with Crippen molar-refractivity contribution in [2.24, 2.45) is 0 Å². The lowest BCUT2D eigenvalue weighted by molar-refractivity contribution is 0.293. The predicted molar refractivity (Wildman–Crippen MR) is 65.2 cm³/mol. The number of benzene rings is 1. The fourth-order valence-electron chi connectivity index (χ4n) is 1.51. The van der Waals surface area contributed by atoms with Crippen LogP contribution in [0.3, 0.4) is 0 Å². The van der Waals surface area contributed by atoms with Gasteiger partial charge in [-0.2, -0.15) is 0 Å². The van der Waals surface area contributed by atoms with Crippen molar-refractivity contribution >= 4 is 11.4 Å². The van der Waals surface area contributed by atoms with Gasteiger partial charge in [0.1, 0.15) is 6.61 Å². The molecule has 0 spiro atoms. The third-order valence-corrected chi connectivity index (χ3v) is 2.06. The lowest BCUT2D eigenvalue weighted by Crippen LogP contribution is -2.06. The molecule has 0 saturated heterocycles. The fraction of sp³-hybridized carbons (Fsp3) is 0.417. The highest BCUT2D eigenvalue weighted by Gasteiger charge is 2.06. The summed E-state index contributed by atoms with van der Waals surface area (Å²) < 4.78 is 5.06. The molecule has 0 aliphatic carbocycles. The topological polar surface area (TPSA) is 33.3 Å². The van der Waals surface area contributed by atoms with Gasteiger partial charge in [-0.3, -0.25) is 0 Å². The zero-order valence-corrected chi connectivity index (χ0v) is 9.63. The van der Waals surface area contributed by atoms with Gasteiger partial charge in [-0.05, 0) is 19.9 Å². The van der Waals surface area contributed by atoms with E-state index >= 15 is 0 Å². The second-order valence-electron chi connectivity index (χ2n) is 3.18. The molecular formula is C12H19N2O. The average molecular weight is 207 g/mol. The van der Waals surface area contributed by atoms with Gasteiger partial charge in [0, 0.05) is 25.8 Å². The fourth-order valence-corrected chi connectivity index (χ4v) is 1.51. The number of anilines is 2. The molecule has 3 heteroatoms. The molecule has 0 aromatic heterocycles. The summed E-state index contributed by atoms with van der Waals surface area (Å²) in [6, 6.07) is 6.11. The predicted octanol–water partition coefficient (Wildman–Crippen LogP) is 2.71. The summed E-state index contributed by atoms with van der Waals surface area (Å²) in [5.41, 5.74) is 3.28. The van der Waals surface area contributed by atoms with E-state index in [1.54, 1.807) is 13.7 Å². The van der Waals surface area contributed by atoms with Crippen LogP contribution in [-0.2, 0) is 4.74 Å². The molecule has 1 aromatic carbocycles. The minimum atomic E-state index is 0.896. The Kier molecular flexibility index (Phi) is 4.98. The molecule has 0 saturated carbocycles. The van der Waals surface area contributed by atoms with Crippen LogP contribution in [-0.4, -0.2) is 20.2 Å². The molecule has 0 aliphatic rings. The Labute approximate surface area is 91.8 Å². The number of ether oxygens (including phenoxy) is 1. The molecule has 0 amide bonds. The molecule has 0 heterocycles. The van der Waals surface area contributed by atoms with Crippen molar-refractivity contribution in [2.45, 2.75) is 13.8 Å². The van der Waals surface area contributed by atoms with Gasteiger partial charge in [-0.25, -0.2) is 0 Å². The molecule has 0 unspecified atom stereocenters. The first-order chi connectivity index (χ1) is 7.33. The minimum Gasteiger partial charge on any atom is -0.384 e. The van der Waals surface area contributed by atoms with Crippen molar-refractivity contribution in [3.8, 4) is 0 Å². The van der Waals surface area contributed by atoms with Crippen LogP contribution >= 0.6 is 0 Å². The van der Waals surface area contributed by atoms with Crippen molar-refractivity contribution in [1.82, 2.24) is 0 Å². The standard InChI is InChI=1S/C12H19N2O/c1-4-13-11-8-6-7-10(9-15-3)12(11)14-5-2/h6-9,13-14H,4-5H2,1-3H3. The molecule has 0 aliphatic heterocycles. The van der Waals surface area contributed by atoms with E-state index in [0.717, 1.165) is 30.0 Å². The lowest BCUT2D eigenvalue weighted by atomic mass is 10.1. The van der Waals surface area contributed by atoms with E-state index in [2.05, 4.69) is 30.5 Å². The zero-order valence-electron chi connectivity index (χ0n) is 9.63. The Bertz CT molecular complexity index is 275. The first-order valence-corrected chi connectivity index (χ1v) is 5.30. The highest BCUT2D eigenvalue weighted by molar-refractivity contribution is 5.73. The van der Waals surface area contributed by atoms with Gasteiger partial charge in [0.25, 0.3) is 0 Å². The number of rotatable bonds is 6. The van der Waals surface area contributed by atoms with Crippen LogP contribution in [0.15, 0.2) is 18.2 Å². The van der Waals surface area contributed by atoms with Gasteiger partial charge < -0.3 is 15.4 Å². The number of para-hydroxylation sites is 1. The maximum atomic E-state index is 5.06. The summed E-state index contributed by atoms with van der Waals surface area (Å²) in [5, 5.41) is 6.66. The first kappa shape index (κ1) is 11.9. The van der Waals surface area contributed by atoms with E-state index in [1.165, 1.54) is 0 Å². The van der Waals surface area contributed by atoms with E-state index in [-0.39, 0.29) is 0 Å². The molecule has 0 bridgehead atoms. The molecule has 0 fully saturated rings. The van der Waals surface area contributed by atoms with Crippen molar-refractivity contribution in [2.75, 3.05) is 30.8 Å². The van der Waals surface area contributed by atoms with Crippen LogP contribution in [0.2, 0.25) is 0 Å². The third kappa shape index (κ3) is 3.13. The van der Waals surface area contributed by atoms with Gasteiger partial charge >= 0.3 is 0 Å². The molecule has 1 radical (unpaired) electrons. The summed E-state index contributed by atoms with van der Waals surface area (Å²) in [5.74, 6) is 0. The van der Waals surface area contributed by atoms with E-state index < -0.39 is 0 Å². The second kappa shape index (κ2) is 6.30. The Balaban J connectivity index is 2.97. The molecule has 2 N–H and O–H groups in total. The quantitative estimate of drug-likeness (QED) is 0.752. The minimum absolute atomic E-state index is 0.896. The monoisotopic (exact) mass is 207 g/mol. The maximum absolute atomic E-state index is 5.06. The Morgan fingerprint density at radius 1 is 1.20 bits per heavy atom. The van der Waals surface area contributed by atoms with Gasteiger partial charge in [0.05, 0.1) is 11.4 Å². The number of hydrogen-bond donors (Lipinski definition) is 2. The molecule has 1 rings (SSSR count). The number of nitrogens with one attached hydrogen (secondary N) is 2. The van der Waals surface area contributed by atoms with Crippen LogP contribution in [0.25, 0.3) is 0 Å². The number of hydrogen-bond acceptors (Lipinski definition) is 3. The second-order valence-corrected chi connectivity index (χ2v) is 3.18. The lowest BCUT2D eigenvalue weighted by Gasteiger charge is -2.15. The third-order valence-electron chi connectivity index (χ3n) is 2.06. The largest absolute Gasteiger partial charge is 0.384 e. The molecular weight excluding hydrogens is 188 g/mol. The summed E-state index contributed by atoms with van der Waals surface area (Å²) in [6.45, 7) is 7.72. The number of methoxy groups -OCH3 is 1. The van der Waals surface area contributed by atoms with Crippen molar-refractivity contribution < 1.29 is 4.74 Å². The van der Waals surface area contributed by atoms with Crippen LogP contribution in [0.5, 0.6) is 0 Å². The van der Waals surface area contributed by atoms with Gasteiger partial charge in [0.2, 0.25) is 0 Å². The maximum Gasteiger partial charge on any atom is 0.115 e. The van der Waals surface area contributed by atoms with Gasteiger partial charge in [-0.15, -0.1) is 0 Å². The van der Waals surface area contributed by atoms with Crippen molar-refractivity contribution in [1.29, 1.82) is 0 Å². The van der Waals surface area contributed by atoms with E-state index in [9.17, 15) is 0 Å². The normalized spacial score (nSPS) is 10.1. The van der Waals surface area contributed by atoms with Gasteiger partial charge in [0.15, 0.2) is 0 Å². The van der Waals surface area contributed by atoms with Crippen LogP contribution in [0.1, 0.15) is 19.4 Å². The Morgan fingerprint density at radius 2 is 1.93 bits per heavy atom. The smallest absolute Gasteiger partial charge is 0.115 e. The molecule has 1 aromatic rings. The Hall–Kier alpha value is -1.22. The average Bonchev–Trinajstić information content (AvgIpc) is 2.23. The highest BCUT2D eigenvalue weighted by Crippen LogP contribution is 2.27. The zero-order chi connectivity index (χ0) is 11.1. The van der Waals surface area contributed by atoms with Crippen molar-refractivity contribution in [3.05, 3.63) is 30.4 Å². The molecule has 0 atom stereocenters. The summed E-state index contributed by atoms with van der Waals surface area (Å²) in [6.07, 6.45) is 0. The van der Waals surface area contributed by atoms with Crippen LogP contribution in [0, 0.1) is 6.61 Å². The van der Waals surface area contributed by atoms with Gasteiger partial charge in [-0.1, -0.05) is 12.1 Å². The van der Waals surface area contributed by atoms with E-state index in [4.69, 9.17) is 4.74 Å². The first-order valence-electron chi connectivity index (χ1n) is 5.30. The summed E-state index contributed by atoms with van der Waals surface area (Å²) >= 11 is 0. The van der Waals surface area contributed by atoms with Crippen molar-refractivity contribution in [3.63, 3.8) is 0 Å². The van der Waals surface area contributed by atoms with E-state index in [1.807, 2.05) is 12.1 Å². The summed E-state index contributed by atoms with van der Waals surface area (Å²) in [7, 11) is 1.66. The van der Waals surface area contributed by atoms with Crippen LogP contribution < -0.4 is 10.6 Å². The SMILES string of the molecule is CCNc1cccc([CH]OC)c1NCC. The molecule has 3 nitrogen and oxygen atoms in total. The molecule has 83 valence electrons. The summed E-state index contributed by atoms with van der Waals surface area (Å²) in [4.78, 5) is 0. The highest BCUT2D eigenvalue weighted by atomic mass is 16.5.